The molecule has 4 rings (SSSR count). The second kappa shape index (κ2) is 16.1. The van der Waals surface area contributed by atoms with E-state index in [1.165, 1.54) is 12.0 Å². The molecule has 3 aliphatic heterocycles. The molecule has 3 aliphatic rings. The quantitative estimate of drug-likeness (QED) is 0.136. The summed E-state index contributed by atoms with van der Waals surface area (Å²) < 4.78 is 18.4. The average Bonchev–Trinajstić information content (AvgIpc) is 3.63. The van der Waals surface area contributed by atoms with Gasteiger partial charge in [0.1, 0.15) is 17.7 Å². The molecule has 3 fully saturated rings. The van der Waals surface area contributed by atoms with E-state index in [-0.39, 0.29) is 54.8 Å². The number of nitrogens with one attached hydrogen (secondary N) is 1. The summed E-state index contributed by atoms with van der Waals surface area (Å²) in [6.45, 7) is 17.7. The SMILES string of the molecule is C=CCCC(=O)N[C@@H](COC)[C@@H](OC(=O)[C@@H]1[C@H]2O[C@@]3(CC2Br)[C@H](C(=O)N(CC=C)C(C)(C)CC(C)(C)C)N(CCO)C(=O)[C@@H]13)c1ccccc1. The number of likely N-dealkylation sites (tertiary alicyclic amines) is 1. The first-order chi connectivity index (χ1) is 23.6. The number of nitrogens with zero attached hydrogens (tertiary/aromatic N) is 2. The summed E-state index contributed by atoms with van der Waals surface area (Å²) in [7, 11) is 1.50. The number of β-amino-alcohol motifs (C(OH)–C–C–N with tert-alkyl or cyclic N) is 1. The lowest BCUT2D eigenvalue weighted by Crippen LogP contribution is -2.61. The zero-order chi connectivity index (χ0) is 37.0. The van der Waals surface area contributed by atoms with Crippen molar-refractivity contribution in [1.82, 2.24) is 15.1 Å². The van der Waals surface area contributed by atoms with E-state index in [4.69, 9.17) is 14.2 Å². The Balaban J connectivity index is 1.73. The van der Waals surface area contributed by atoms with Gasteiger partial charge in [0.2, 0.25) is 17.7 Å². The van der Waals surface area contributed by atoms with Crippen molar-refractivity contribution in [1.29, 1.82) is 0 Å². The third-order valence-electron chi connectivity index (χ3n) is 9.91. The Labute approximate surface area is 304 Å². The van der Waals surface area contributed by atoms with Crippen LogP contribution in [0.4, 0.5) is 0 Å². The molecule has 2 bridgehead atoms. The minimum atomic E-state index is -1.34. The molecule has 0 radical (unpaired) electrons. The maximum absolute atomic E-state index is 14.8. The predicted molar refractivity (Wildman–Crippen MR) is 193 cm³/mol. The van der Waals surface area contributed by atoms with Crippen molar-refractivity contribution in [3.8, 4) is 0 Å². The van der Waals surface area contributed by atoms with Gasteiger partial charge in [0.25, 0.3) is 0 Å². The molecule has 1 aromatic carbocycles. The maximum atomic E-state index is 14.8. The number of esters is 1. The number of ether oxygens (including phenoxy) is 3. The Kier molecular flexibility index (Phi) is 12.8. The van der Waals surface area contributed by atoms with E-state index in [9.17, 15) is 24.3 Å². The highest BCUT2D eigenvalue weighted by atomic mass is 79.9. The Morgan fingerprint density at radius 2 is 1.86 bits per heavy atom. The number of carbonyl (C=O) groups is 4. The van der Waals surface area contributed by atoms with Crippen LogP contribution in [0.15, 0.2) is 55.6 Å². The smallest absolute Gasteiger partial charge is 0.313 e. The number of carbonyl (C=O) groups excluding carboxylic acids is 4. The highest BCUT2D eigenvalue weighted by Crippen LogP contribution is 2.60. The Morgan fingerprint density at radius 1 is 1.18 bits per heavy atom. The van der Waals surface area contributed by atoms with E-state index in [0.717, 1.165) is 0 Å². The lowest BCUT2D eigenvalue weighted by Gasteiger charge is -2.45. The van der Waals surface area contributed by atoms with Crippen molar-refractivity contribution in [3.63, 3.8) is 0 Å². The van der Waals surface area contributed by atoms with Crippen molar-refractivity contribution < 1.29 is 38.5 Å². The fourth-order valence-electron chi connectivity index (χ4n) is 8.46. The molecule has 0 aromatic heterocycles. The molecule has 8 atom stereocenters. The molecule has 3 saturated heterocycles. The molecule has 0 saturated carbocycles. The number of aliphatic hydroxyl groups is 1. The first kappa shape index (κ1) is 39.7. The van der Waals surface area contributed by atoms with Gasteiger partial charge in [-0.2, -0.15) is 0 Å². The first-order valence-corrected chi connectivity index (χ1v) is 18.3. The largest absolute Gasteiger partial charge is 0.455 e. The number of methoxy groups -OCH3 is 1. The van der Waals surface area contributed by atoms with Gasteiger partial charge in [-0.3, -0.25) is 19.2 Å². The molecular weight excluding hydrogens is 706 g/mol. The fraction of sp³-hybridized carbons (Fsp3) is 0.632. The second-order valence-corrected chi connectivity index (χ2v) is 16.6. The van der Waals surface area contributed by atoms with Crippen LogP contribution in [0.2, 0.25) is 0 Å². The van der Waals surface area contributed by atoms with E-state index in [1.54, 1.807) is 29.2 Å². The minimum Gasteiger partial charge on any atom is -0.455 e. The molecule has 276 valence electrons. The van der Waals surface area contributed by atoms with Gasteiger partial charge >= 0.3 is 5.97 Å². The van der Waals surface area contributed by atoms with Crippen LogP contribution in [0.25, 0.3) is 0 Å². The van der Waals surface area contributed by atoms with Gasteiger partial charge < -0.3 is 34.4 Å². The molecule has 0 aliphatic carbocycles. The molecule has 12 heteroatoms. The summed E-state index contributed by atoms with van der Waals surface area (Å²) in [5.41, 5.74) is -1.44. The van der Waals surface area contributed by atoms with Crippen LogP contribution in [0.1, 0.15) is 72.0 Å². The number of alkyl halides is 1. The topological polar surface area (TPSA) is 135 Å². The van der Waals surface area contributed by atoms with E-state index in [0.29, 0.717) is 24.8 Å². The van der Waals surface area contributed by atoms with Crippen LogP contribution >= 0.6 is 15.9 Å². The highest BCUT2D eigenvalue weighted by Gasteiger charge is 2.77. The van der Waals surface area contributed by atoms with Crippen LogP contribution in [0.5, 0.6) is 0 Å². The molecule has 3 heterocycles. The monoisotopic (exact) mass is 759 g/mol. The third-order valence-corrected chi connectivity index (χ3v) is 10.8. The van der Waals surface area contributed by atoms with Gasteiger partial charge in [0.05, 0.1) is 37.2 Å². The van der Waals surface area contributed by atoms with Gasteiger partial charge in [0, 0.05) is 37.0 Å². The van der Waals surface area contributed by atoms with Crippen LogP contribution in [-0.2, 0) is 33.4 Å². The Bertz CT molecular complexity index is 1410. The van der Waals surface area contributed by atoms with Gasteiger partial charge in [0.15, 0.2) is 0 Å². The summed E-state index contributed by atoms with van der Waals surface area (Å²) in [6, 6.07) is 7.23. The second-order valence-electron chi connectivity index (χ2n) is 15.4. The van der Waals surface area contributed by atoms with Gasteiger partial charge in [-0.15, -0.1) is 13.2 Å². The number of fused-ring (bicyclic) bond motifs is 1. The average molecular weight is 761 g/mol. The van der Waals surface area contributed by atoms with E-state index in [1.807, 2.05) is 32.0 Å². The fourth-order valence-corrected chi connectivity index (χ4v) is 9.40. The molecule has 1 spiro atoms. The van der Waals surface area contributed by atoms with E-state index < -0.39 is 59.1 Å². The molecule has 50 heavy (non-hydrogen) atoms. The number of allylic oxidation sites excluding steroid dienone is 1. The summed E-state index contributed by atoms with van der Waals surface area (Å²) in [5, 5.41) is 13.1. The minimum absolute atomic E-state index is 0.0506. The van der Waals surface area contributed by atoms with Gasteiger partial charge in [-0.1, -0.05) is 79.2 Å². The predicted octanol–water partition coefficient (Wildman–Crippen LogP) is 4.34. The summed E-state index contributed by atoms with van der Waals surface area (Å²) in [5.74, 6) is -3.76. The Hall–Kier alpha value is -3.06. The molecular formula is C38H54BrN3O8. The number of aliphatic hydroxyl groups excluding tert-OH is 1. The molecule has 11 nitrogen and oxygen atoms in total. The van der Waals surface area contributed by atoms with Crippen molar-refractivity contribution in [2.45, 2.75) is 101 Å². The third kappa shape index (κ3) is 8.03. The van der Waals surface area contributed by atoms with Crippen LogP contribution in [0.3, 0.4) is 0 Å². The van der Waals surface area contributed by atoms with Gasteiger partial charge in [-0.05, 0) is 44.1 Å². The van der Waals surface area contributed by atoms with Gasteiger partial charge in [-0.25, -0.2) is 0 Å². The summed E-state index contributed by atoms with van der Waals surface area (Å²) in [4.78, 5) is 59.4. The number of benzene rings is 1. The zero-order valence-electron chi connectivity index (χ0n) is 30.2. The lowest BCUT2D eigenvalue weighted by atomic mass is 9.70. The molecule has 1 unspecified atom stereocenters. The number of hydrogen-bond acceptors (Lipinski definition) is 8. The lowest BCUT2D eigenvalue weighted by molar-refractivity contribution is -0.163. The number of amides is 3. The van der Waals surface area contributed by atoms with Crippen LogP contribution in [-0.4, -0.2) is 106 Å². The number of hydrogen-bond donors (Lipinski definition) is 2. The van der Waals surface area contributed by atoms with Crippen molar-refractivity contribution >= 4 is 39.6 Å². The van der Waals surface area contributed by atoms with E-state index >= 15 is 0 Å². The van der Waals surface area contributed by atoms with Crippen LogP contribution in [0, 0.1) is 17.3 Å². The zero-order valence-corrected chi connectivity index (χ0v) is 31.8. The highest BCUT2D eigenvalue weighted by molar-refractivity contribution is 9.09. The summed E-state index contributed by atoms with van der Waals surface area (Å²) in [6.07, 6.45) is 3.27. The molecule has 2 N–H and O–H groups in total. The van der Waals surface area contributed by atoms with E-state index in [2.05, 4.69) is 55.2 Å². The normalized spacial score (nSPS) is 27.0. The molecule has 1 aromatic rings. The van der Waals surface area contributed by atoms with Crippen LogP contribution < -0.4 is 5.32 Å². The maximum Gasteiger partial charge on any atom is 0.313 e. The van der Waals surface area contributed by atoms with Crippen molar-refractivity contribution in [2.24, 2.45) is 17.3 Å². The van der Waals surface area contributed by atoms with Crippen molar-refractivity contribution in [3.05, 3.63) is 61.2 Å². The number of rotatable bonds is 17. The number of halogens is 1. The Morgan fingerprint density at radius 3 is 2.44 bits per heavy atom. The summed E-state index contributed by atoms with van der Waals surface area (Å²) >= 11 is 3.72. The standard InChI is InChI=1S/C38H54BrN3O8/c1-9-11-17-27(44)40-26(22-48-8)30(24-15-13-12-14-16-24)49-35(47)28-29-33(45)41(19-20-43)32(38(29)21-25(39)31(28)50-38)34(46)42(18-10-2)37(6,7)23-36(3,4)5/h9-10,12-16,25-26,28-32,43H,1-2,11,17-23H2,3-8H3,(H,40,44)/t25?,26-,28-,29+,30-,31-,32-,38+/m0/s1. The van der Waals surface area contributed by atoms with Crippen molar-refractivity contribution in [2.75, 3.05) is 33.4 Å². The first-order valence-electron chi connectivity index (χ1n) is 17.4. The molecule has 3 amide bonds.